The summed E-state index contributed by atoms with van der Waals surface area (Å²) in [4.78, 5) is 14.5. The SMILES string of the molecule is O=C(Cn1ccc2ccc(Br)cc21)N1CCN(S(=O)(=O)c2ccc(F)cc2)CC1. The first-order valence-electron chi connectivity index (χ1n) is 9.12. The fourth-order valence-electron chi connectivity index (χ4n) is 3.47. The van der Waals surface area contributed by atoms with E-state index in [1.54, 1.807) is 4.90 Å². The number of carbonyl (C=O) groups is 1. The first-order valence-corrected chi connectivity index (χ1v) is 11.4. The maximum Gasteiger partial charge on any atom is 0.243 e. The fourth-order valence-corrected chi connectivity index (χ4v) is 5.25. The number of hydrogen-bond donors (Lipinski definition) is 0. The molecule has 1 aromatic heterocycles. The second-order valence-corrected chi connectivity index (χ2v) is 9.74. The molecule has 1 saturated heterocycles. The molecule has 9 heteroatoms. The summed E-state index contributed by atoms with van der Waals surface area (Å²) < 4.78 is 42.7. The van der Waals surface area contributed by atoms with Crippen LogP contribution in [0.4, 0.5) is 4.39 Å². The third-order valence-electron chi connectivity index (χ3n) is 5.08. The number of nitrogens with zero attached hydrogens (tertiary/aromatic N) is 3. The summed E-state index contributed by atoms with van der Waals surface area (Å²) in [7, 11) is -3.69. The zero-order chi connectivity index (χ0) is 20.6. The van der Waals surface area contributed by atoms with Crippen LogP contribution in [0.1, 0.15) is 0 Å². The van der Waals surface area contributed by atoms with E-state index in [0.717, 1.165) is 27.5 Å². The highest BCUT2D eigenvalue weighted by molar-refractivity contribution is 9.10. The van der Waals surface area contributed by atoms with Gasteiger partial charge in [-0.05, 0) is 47.9 Å². The molecule has 4 rings (SSSR count). The molecular formula is C20H19BrFN3O3S. The molecule has 0 saturated carbocycles. The molecule has 6 nitrogen and oxygen atoms in total. The average Bonchev–Trinajstić information content (AvgIpc) is 3.10. The van der Waals surface area contributed by atoms with Crippen molar-refractivity contribution in [2.24, 2.45) is 0 Å². The van der Waals surface area contributed by atoms with Crippen LogP contribution in [-0.4, -0.2) is 54.3 Å². The lowest BCUT2D eigenvalue weighted by Crippen LogP contribution is -2.51. The van der Waals surface area contributed by atoms with Gasteiger partial charge in [-0.2, -0.15) is 4.31 Å². The van der Waals surface area contributed by atoms with Gasteiger partial charge in [-0.3, -0.25) is 4.79 Å². The van der Waals surface area contributed by atoms with E-state index in [1.165, 1.54) is 16.4 Å². The third-order valence-corrected chi connectivity index (χ3v) is 7.49. The molecule has 2 aromatic carbocycles. The predicted octanol–water partition coefficient (Wildman–Crippen LogP) is 3.08. The maximum absolute atomic E-state index is 13.1. The van der Waals surface area contributed by atoms with E-state index in [4.69, 9.17) is 0 Å². The van der Waals surface area contributed by atoms with E-state index >= 15 is 0 Å². The van der Waals surface area contributed by atoms with Gasteiger partial charge in [0.25, 0.3) is 0 Å². The molecule has 29 heavy (non-hydrogen) atoms. The number of piperazine rings is 1. The zero-order valence-electron chi connectivity index (χ0n) is 15.5. The van der Waals surface area contributed by atoms with Gasteiger partial charge in [-0.25, -0.2) is 12.8 Å². The first-order chi connectivity index (χ1) is 13.8. The third kappa shape index (κ3) is 4.08. The van der Waals surface area contributed by atoms with E-state index in [9.17, 15) is 17.6 Å². The van der Waals surface area contributed by atoms with Crippen molar-refractivity contribution in [1.82, 2.24) is 13.8 Å². The minimum absolute atomic E-state index is 0.0543. The van der Waals surface area contributed by atoms with Crippen molar-refractivity contribution in [2.75, 3.05) is 26.2 Å². The van der Waals surface area contributed by atoms with Gasteiger partial charge >= 0.3 is 0 Å². The van der Waals surface area contributed by atoms with Gasteiger partial charge in [-0.15, -0.1) is 0 Å². The molecule has 0 radical (unpaired) electrons. The van der Waals surface area contributed by atoms with Crippen molar-refractivity contribution < 1.29 is 17.6 Å². The molecule has 0 bridgehead atoms. The smallest absolute Gasteiger partial charge is 0.243 e. The average molecular weight is 480 g/mol. The minimum atomic E-state index is -3.69. The molecule has 0 spiro atoms. The molecule has 2 heterocycles. The number of fused-ring (bicyclic) bond motifs is 1. The number of carbonyl (C=O) groups excluding carboxylic acids is 1. The van der Waals surface area contributed by atoms with Crippen molar-refractivity contribution in [2.45, 2.75) is 11.4 Å². The Balaban J connectivity index is 1.42. The maximum atomic E-state index is 13.1. The lowest BCUT2D eigenvalue weighted by atomic mass is 10.2. The zero-order valence-corrected chi connectivity index (χ0v) is 17.9. The molecule has 3 aromatic rings. The second kappa shape index (κ2) is 7.89. The van der Waals surface area contributed by atoms with Crippen LogP contribution in [0.5, 0.6) is 0 Å². The van der Waals surface area contributed by atoms with Gasteiger partial charge in [0.1, 0.15) is 12.4 Å². The number of amides is 1. The van der Waals surface area contributed by atoms with Crippen LogP contribution in [0.25, 0.3) is 10.9 Å². The van der Waals surface area contributed by atoms with E-state index in [-0.39, 0.29) is 30.4 Å². The Hall–Kier alpha value is -2.23. The quantitative estimate of drug-likeness (QED) is 0.577. The van der Waals surface area contributed by atoms with E-state index in [2.05, 4.69) is 15.9 Å². The summed E-state index contributed by atoms with van der Waals surface area (Å²) in [5.74, 6) is -0.537. The van der Waals surface area contributed by atoms with E-state index in [0.29, 0.717) is 13.1 Å². The molecule has 1 fully saturated rings. The summed E-state index contributed by atoms with van der Waals surface area (Å²) >= 11 is 3.45. The van der Waals surface area contributed by atoms with Gasteiger partial charge < -0.3 is 9.47 Å². The fraction of sp³-hybridized carbons (Fsp3) is 0.250. The van der Waals surface area contributed by atoms with Gasteiger partial charge in [0.15, 0.2) is 0 Å². The summed E-state index contributed by atoms with van der Waals surface area (Å²) in [6.07, 6.45) is 1.88. The van der Waals surface area contributed by atoms with Crippen LogP contribution < -0.4 is 0 Å². The molecule has 0 atom stereocenters. The standard InChI is InChI=1S/C20H19BrFN3O3S/c21-16-2-1-15-7-8-24(19(15)13-16)14-20(26)23-9-11-25(12-10-23)29(27,28)18-5-3-17(22)4-6-18/h1-8,13H,9-12,14H2. The molecule has 0 unspecified atom stereocenters. The Kier molecular flexibility index (Phi) is 5.46. The predicted molar refractivity (Wildman–Crippen MR) is 111 cm³/mol. The number of rotatable bonds is 4. The van der Waals surface area contributed by atoms with Gasteiger partial charge in [0.05, 0.1) is 4.90 Å². The molecular weight excluding hydrogens is 461 g/mol. The minimum Gasteiger partial charge on any atom is -0.339 e. The molecule has 0 N–H and O–H groups in total. The summed E-state index contributed by atoms with van der Waals surface area (Å²) in [5.41, 5.74) is 0.963. The van der Waals surface area contributed by atoms with Crippen LogP contribution in [0.15, 0.2) is 64.1 Å². The Morgan fingerprint density at radius 1 is 1.00 bits per heavy atom. The summed E-state index contributed by atoms with van der Waals surface area (Å²) in [6, 6.07) is 12.7. The number of halogens is 2. The topological polar surface area (TPSA) is 62.6 Å². The Bertz CT molecular complexity index is 1150. The van der Waals surface area contributed by atoms with Crippen molar-refractivity contribution in [3.05, 3.63) is 65.0 Å². The first kappa shape index (κ1) is 20.1. The van der Waals surface area contributed by atoms with E-state index < -0.39 is 15.8 Å². The van der Waals surface area contributed by atoms with Gasteiger partial charge in [0, 0.05) is 42.4 Å². The van der Waals surface area contributed by atoms with Crippen molar-refractivity contribution in [3.8, 4) is 0 Å². The van der Waals surface area contributed by atoms with Crippen molar-refractivity contribution in [3.63, 3.8) is 0 Å². The monoisotopic (exact) mass is 479 g/mol. The Labute approximate surface area is 176 Å². The molecule has 1 amide bonds. The van der Waals surface area contributed by atoms with Crippen LogP contribution >= 0.6 is 15.9 Å². The highest BCUT2D eigenvalue weighted by atomic mass is 79.9. The van der Waals surface area contributed by atoms with Crippen molar-refractivity contribution >= 4 is 42.8 Å². The van der Waals surface area contributed by atoms with Crippen LogP contribution in [0, 0.1) is 5.82 Å². The van der Waals surface area contributed by atoms with Gasteiger partial charge in [-0.1, -0.05) is 22.0 Å². The Morgan fingerprint density at radius 2 is 1.69 bits per heavy atom. The summed E-state index contributed by atoms with van der Waals surface area (Å²) in [6.45, 7) is 1.27. The number of benzene rings is 2. The van der Waals surface area contributed by atoms with E-state index in [1.807, 2.05) is 35.0 Å². The van der Waals surface area contributed by atoms with Crippen LogP contribution in [0.2, 0.25) is 0 Å². The highest BCUT2D eigenvalue weighted by Gasteiger charge is 2.30. The van der Waals surface area contributed by atoms with Gasteiger partial charge in [0.2, 0.25) is 15.9 Å². The lowest BCUT2D eigenvalue weighted by Gasteiger charge is -2.34. The Morgan fingerprint density at radius 3 is 2.38 bits per heavy atom. The second-order valence-electron chi connectivity index (χ2n) is 6.89. The highest BCUT2D eigenvalue weighted by Crippen LogP contribution is 2.22. The number of aromatic nitrogens is 1. The van der Waals surface area contributed by atoms with Crippen molar-refractivity contribution in [1.29, 1.82) is 0 Å². The largest absolute Gasteiger partial charge is 0.339 e. The molecule has 1 aliphatic heterocycles. The molecule has 1 aliphatic rings. The summed E-state index contributed by atoms with van der Waals surface area (Å²) in [5, 5.41) is 1.05. The lowest BCUT2D eigenvalue weighted by molar-refractivity contribution is -0.132. The molecule has 152 valence electrons. The number of hydrogen-bond acceptors (Lipinski definition) is 3. The van der Waals surface area contributed by atoms with Crippen LogP contribution in [0.3, 0.4) is 0 Å². The van der Waals surface area contributed by atoms with Crippen LogP contribution in [-0.2, 0) is 21.4 Å². The number of sulfonamides is 1. The normalized spacial score (nSPS) is 15.7. The molecule has 0 aliphatic carbocycles.